The highest BCUT2D eigenvalue weighted by Gasteiger charge is 2.20. The maximum absolute atomic E-state index is 12.8. The summed E-state index contributed by atoms with van der Waals surface area (Å²) in [5, 5.41) is 3.40. The third-order valence-corrected chi connectivity index (χ3v) is 5.24. The molecule has 0 aliphatic carbocycles. The topological polar surface area (TPSA) is 69.0 Å². The van der Waals surface area contributed by atoms with Gasteiger partial charge in [-0.05, 0) is 12.1 Å². The van der Waals surface area contributed by atoms with Crippen molar-refractivity contribution in [1.29, 1.82) is 0 Å². The number of methoxy groups -OCH3 is 1. The summed E-state index contributed by atoms with van der Waals surface area (Å²) >= 11 is 1.40. The molecule has 4 aromatic rings. The van der Waals surface area contributed by atoms with Gasteiger partial charge in [-0.25, -0.2) is 9.97 Å². The number of nitrogens with one attached hydrogen (secondary N) is 1. The molecule has 0 aliphatic rings. The number of carbonyl (C=O) groups is 1. The summed E-state index contributed by atoms with van der Waals surface area (Å²) < 4.78 is 7.22. The van der Waals surface area contributed by atoms with E-state index in [1.54, 1.807) is 31.5 Å². The molecule has 2 aromatic carbocycles. The summed E-state index contributed by atoms with van der Waals surface area (Å²) in [5.41, 5.74) is 2.21. The van der Waals surface area contributed by atoms with E-state index in [4.69, 9.17) is 9.72 Å². The number of aromatic nitrogens is 3. The van der Waals surface area contributed by atoms with Crippen molar-refractivity contribution in [2.45, 2.75) is 0 Å². The van der Waals surface area contributed by atoms with E-state index in [9.17, 15) is 4.79 Å². The lowest BCUT2D eigenvalue weighted by Crippen LogP contribution is -2.12. The Hall–Kier alpha value is -3.45. The zero-order valence-corrected chi connectivity index (χ0v) is 16.2. The fraction of sp³-hybridized carbons (Fsp3) is 0.0952. The first-order chi connectivity index (χ1) is 13.7. The van der Waals surface area contributed by atoms with Crippen molar-refractivity contribution in [3.8, 4) is 27.7 Å². The normalized spacial score (nSPS) is 10.6. The Labute approximate surface area is 166 Å². The second-order valence-corrected chi connectivity index (χ2v) is 7.08. The number of thiazole rings is 1. The number of amides is 1. The third-order valence-electron chi connectivity index (χ3n) is 4.27. The van der Waals surface area contributed by atoms with Crippen molar-refractivity contribution in [3.05, 3.63) is 72.6 Å². The van der Waals surface area contributed by atoms with E-state index < -0.39 is 0 Å². The largest absolute Gasteiger partial charge is 0.496 e. The number of imidazole rings is 1. The van der Waals surface area contributed by atoms with Crippen molar-refractivity contribution in [2.24, 2.45) is 7.05 Å². The first kappa shape index (κ1) is 17.9. The summed E-state index contributed by atoms with van der Waals surface area (Å²) in [7, 11) is 3.48. The van der Waals surface area contributed by atoms with Crippen LogP contribution in [0.4, 0.5) is 5.13 Å². The van der Waals surface area contributed by atoms with E-state index >= 15 is 0 Å². The van der Waals surface area contributed by atoms with Crippen LogP contribution in [0.2, 0.25) is 0 Å². The maximum atomic E-state index is 12.8. The summed E-state index contributed by atoms with van der Waals surface area (Å²) in [6.45, 7) is 0. The molecule has 0 radical (unpaired) electrons. The number of nitrogens with zero attached hydrogens (tertiary/aromatic N) is 3. The number of benzene rings is 2. The number of aryl methyl sites for hydroxylation is 1. The van der Waals surface area contributed by atoms with Gasteiger partial charge in [0, 0.05) is 25.0 Å². The van der Waals surface area contributed by atoms with Crippen LogP contribution in [0.25, 0.3) is 22.0 Å². The molecular formula is C21H18N4O2S. The average Bonchev–Trinajstić information content (AvgIpc) is 3.34. The molecule has 7 heteroatoms. The molecule has 0 atom stereocenters. The van der Waals surface area contributed by atoms with Crippen molar-refractivity contribution in [3.63, 3.8) is 0 Å². The first-order valence-corrected chi connectivity index (χ1v) is 9.47. The fourth-order valence-electron chi connectivity index (χ4n) is 2.90. The Morgan fingerprint density at radius 1 is 1.11 bits per heavy atom. The van der Waals surface area contributed by atoms with E-state index in [2.05, 4.69) is 10.3 Å². The van der Waals surface area contributed by atoms with Crippen molar-refractivity contribution in [2.75, 3.05) is 12.4 Å². The van der Waals surface area contributed by atoms with E-state index in [1.165, 1.54) is 11.3 Å². The molecule has 0 saturated heterocycles. The van der Waals surface area contributed by atoms with Crippen molar-refractivity contribution in [1.82, 2.24) is 14.5 Å². The third kappa shape index (κ3) is 3.39. The minimum absolute atomic E-state index is 0.266. The van der Waals surface area contributed by atoms with E-state index in [0.29, 0.717) is 16.4 Å². The molecule has 28 heavy (non-hydrogen) atoms. The predicted molar refractivity (Wildman–Crippen MR) is 111 cm³/mol. The molecule has 0 spiro atoms. The van der Waals surface area contributed by atoms with E-state index in [1.807, 2.05) is 54.2 Å². The highest BCUT2D eigenvalue weighted by atomic mass is 32.1. The number of rotatable bonds is 5. The van der Waals surface area contributed by atoms with Gasteiger partial charge in [0.1, 0.15) is 5.75 Å². The lowest BCUT2D eigenvalue weighted by atomic mass is 10.1. The quantitative estimate of drug-likeness (QED) is 0.546. The number of ether oxygens (including phenoxy) is 1. The van der Waals surface area contributed by atoms with Crippen LogP contribution in [0.5, 0.6) is 5.75 Å². The molecule has 0 fully saturated rings. The summed E-state index contributed by atoms with van der Waals surface area (Å²) in [6, 6.07) is 17.0. The average molecular weight is 390 g/mol. The number of carbonyl (C=O) groups excluding carboxylic acids is 1. The Morgan fingerprint density at radius 2 is 1.86 bits per heavy atom. The van der Waals surface area contributed by atoms with Crippen LogP contribution in [-0.2, 0) is 7.05 Å². The Morgan fingerprint density at radius 3 is 2.57 bits per heavy atom. The number of hydrogen-bond donors (Lipinski definition) is 1. The molecule has 0 aliphatic heterocycles. The molecule has 1 N–H and O–H groups in total. The Bertz CT molecular complexity index is 1120. The predicted octanol–water partition coefficient (Wildman–Crippen LogP) is 4.47. The minimum Gasteiger partial charge on any atom is -0.496 e. The standard InChI is InChI=1S/C21H18N4O2S/c1-25-13-12-22-19(25)18-17(14-8-4-3-5-9-14)23-21(28-18)24-20(26)15-10-6-7-11-16(15)27-2/h3-13H,1-2H3,(H,23,24,26). The van der Waals surface area contributed by atoms with Gasteiger partial charge >= 0.3 is 0 Å². The highest BCUT2D eigenvalue weighted by molar-refractivity contribution is 7.19. The second kappa shape index (κ2) is 7.66. The zero-order valence-electron chi connectivity index (χ0n) is 15.4. The summed E-state index contributed by atoms with van der Waals surface area (Å²) in [6.07, 6.45) is 3.63. The molecular weight excluding hydrogens is 372 g/mol. The van der Waals surface area contributed by atoms with Crippen molar-refractivity contribution >= 4 is 22.4 Å². The molecule has 140 valence electrons. The number of hydrogen-bond acceptors (Lipinski definition) is 5. The number of para-hydroxylation sites is 1. The van der Waals surface area contributed by atoms with Gasteiger partial charge in [-0.3, -0.25) is 10.1 Å². The second-order valence-electron chi connectivity index (χ2n) is 6.08. The first-order valence-electron chi connectivity index (χ1n) is 8.65. The van der Waals surface area contributed by atoms with Gasteiger partial charge in [0.05, 0.1) is 23.2 Å². The molecule has 0 unspecified atom stereocenters. The van der Waals surface area contributed by atoms with Gasteiger partial charge < -0.3 is 9.30 Å². The molecule has 2 aromatic heterocycles. The lowest BCUT2D eigenvalue weighted by molar-refractivity contribution is 0.102. The Kier molecular flexibility index (Phi) is 4.90. The zero-order chi connectivity index (χ0) is 19.5. The fourth-order valence-corrected chi connectivity index (χ4v) is 3.92. The van der Waals surface area contributed by atoms with E-state index in [-0.39, 0.29) is 5.91 Å². The van der Waals surface area contributed by atoms with Gasteiger partial charge in [0.25, 0.3) is 5.91 Å². The smallest absolute Gasteiger partial charge is 0.261 e. The van der Waals surface area contributed by atoms with Crippen LogP contribution in [0.3, 0.4) is 0 Å². The van der Waals surface area contributed by atoms with Crippen LogP contribution < -0.4 is 10.1 Å². The Balaban J connectivity index is 1.74. The van der Waals surface area contributed by atoms with Crippen molar-refractivity contribution < 1.29 is 9.53 Å². The van der Waals surface area contributed by atoms with Crippen LogP contribution >= 0.6 is 11.3 Å². The molecule has 6 nitrogen and oxygen atoms in total. The van der Waals surface area contributed by atoms with E-state index in [0.717, 1.165) is 22.0 Å². The van der Waals surface area contributed by atoms with Gasteiger partial charge in [-0.15, -0.1) is 0 Å². The maximum Gasteiger partial charge on any atom is 0.261 e. The lowest BCUT2D eigenvalue weighted by Gasteiger charge is -2.07. The van der Waals surface area contributed by atoms with Gasteiger partial charge in [0.15, 0.2) is 11.0 Å². The molecule has 0 bridgehead atoms. The van der Waals surface area contributed by atoms with Gasteiger partial charge in [0.2, 0.25) is 0 Å². The van der Waals surface area contributed by atoms with Crippen LogP contribution in [0.1, 0.15) is 10.4 Å². The van der Waals surface area contributed by atoms with Crippen LogP contribution in [0, 0.1) is 0 Å². The SMILES string of the molecule is COc1ccccc1C(=O)Nc1nc(-c2ccccc2)c(-c2nccn2C)s1. The molecule has 4 rings (SSSR count). The van der Waals surface area contributed by atoms with Gasteiger partial charge in [-0.2, -0.15) is 0 Å². The van der Waals surface area contributed by atoms with Crippen LogP contribution in [0.15, 0.2) is 67.0 Å². The summed E-state index contributed by atoms with van der Waals surface area (Å²) in [4.78, 5) is 22.8. The summed E-state index contributed by atoms with van der Waals surface area (Å²) in [5.74, 6) is 1.05. The number of anilines is 1. The minimum atomic E-state index is -0.266. The highest BCUT2D eigenvalue weighted by Crippen LogP contribution is 2.38. The van der Waals surface area contributed by atoms with Crippen LogP contribution in [-0.4, -0.2) is 27.6 Å². The molecule has 0 saturated carbocycles. The molecule has 2 heterocycles. The monoisotopic (exact) mass is 390 g/mol. The van der Waals surface area contributed by atoms with Gasteiger partial charge in [-0.1, -0.05) is 53.8 Å². The molecule has 1 amide bonds.